The lowest BCUT2D eigenvalue weighted by Gasteiger charge is -2.13. The lowest BCUT2D eigenvalue weighted by molar-refractivity contribution is 0.0691. The first-order valence-electron chi connectivity index (χ1n) is 5.99. The van der Waals surface area contributed by atoms with Crippen LogP contribution >= 0.6 is 0 Å². The molecule has 0 spiro atoms. The van der Waals surface area contributed by atoms with E-state index in [0.717, 1.165) is 12.3 Å². The molecule has 0 fully saturated rings. The van der Waals surface area contributed by atoms with E-state index >= 15 is 0 Å². The molecule has 0 saturated carbocycles. The monoisotopic (exact) mass is 312 g/mol. The number of H-pyrrole nitrogens is 1. The third-order valence-corrected chi connectivity index (χ3v) is 4.40. The van der Waals surface area contributed by atoms with Crippen molar-refractivity contribution >= 4 is 16.0 Å². The van der Waals surface area contributed by atoms with E-state index in [1.807, 2.05) is 0 Å². The summed E-state index contributed by atoms with van der Waals surface area (Å²) in [6.07, 6.45) is 1.09. The van der Waals surface area contributed by atoms with Gasteiger partial charge in [0.05, 0.1) is 0 Å². The van der Waals surface area contributed by atoms with Crippen LogP contribution in [-0.4, -0.2) is 24.5 Å². The first kappa shape index (κ1) is 15.2. The molecule has 0 aliphatic rings. The van der Waals surface area contributed by atoms with Crippen LogP contribution in [0.4, 0.5) is 4.39 Å². The Morgan fingerprint density at radius 1 is 1.38 bits per heavy atom. The van der Waals surface area contributed by atoms with Crippen molar-refractivity contribution in [3.63, 3.8) is 0 Å². The summed E-state index contributed by atoms with van der Waals surface area (Å²) in [6, 6.07) is 5.92. The molecule has 112 valence electrons. The molecule has 8 heteroatoms. The van der Waals surface area contributed by atoms with E-state index in [1.165, 1.54) is 18.2 Å². The van der Waals surface area contributed by atoms with Crippen LogP contribution in [0.5, 0.6) is 0 Å². The van der Waals surface area contributed by atoms with Gasteiger partial charge < -0.3 is 10.1 Å². The fraction of sp³-hybridized carbons (Fsp3) is 0.154. The zero-order valence-corrected chi connectivity index (χ0v) is 11.8. The van der Waals surface area contributed by atoms with Crippen molar-refractivity contribution < 1.29 is 22.7 Å². The zero-order valence-electron chi connectivity index (χ0n) is 11.0. The Morgan fingerprint density at radius 2 is 2.10 bits per heavy atom. The van der Waals surface area contributed by atoms with Gasteiger partial charge in [-0.15, -0.1) is 0 Å². The molecule has 2 rings (SSSR count). The number of halogens is 1. The number of nitrogens with one attached hydrogen (secondary N) is 2. The third kappa shape index (κ3) is 3.47. The Kier molecular flexibility index (Phi) is 4.10. The topological polar surface area (TPSA) is 99.3 Å². The second-order valence-corrected chi connectivity index (χ2v) is 6.17. The van der Waals surface area contributed by atoms with Gasteiger partial charge in [-0.25, -0.2) is 22.3 Å². The lowest BCUT2D eigenvalue weighted by atomic mass is 10.1. The summed E-state index contributed by atoms with van der Waals surface area (Å²) in [5, 5.41) is 8.77. The van der Waals surface area contributed by atoms with E-state index < -0.39 is 27.9 Å². The number of hydrogen-bond acceptors (Lipinski definition) is 3. The molecule has 0 bridgehead atoms. The van der Waals surface area contributed by atoms with Crippen LogP contribution in [0.25, 0.3) is 0 Å². The Balaban J connectivity index is 2.22. The summed E-state index contributed by atoms with van der Waals surface area (Å²) in [4.78, 5) is 12.9. The summed E-state index contributed by atoms with van der Waals surface area (Å²) < 4.78 is 39.7. The molecule has 0 amide bonds. The largest absolute Gasteiger partial charge is 0.477 e. The molecule has 6 nitrogen and oxygen atoms in total. The molecule has 0 radical (unpaired) electrons. The fourth-order valence-electron chi connectivity index (χ4n) is 1.80. The van der Waals surface area contributed by atoms with Gasteiger partial charge in [0, 0.05) is 12.2 Å². The van der Waals surface area contributed by atoms with E-state index in [-0.39, 0.29) is 10.6 Å². The zero-order chi connectivity index (χ0) is 15.6. The van der Waals surface area contributed by atoms with E-state index in [2.05, 4.69) is 9.71 Å². The number of carboxylic acids is 1. The molecule has 1 unspecified atom stereocenters. The van der Waals surface area contributed by atoms with Gasteiger partial charge in [0.15, 0.2) is 0 Å². The standard InChI is InChI=1S/C13H13FN2O4S/c1-8(9-3-2-4-10(14)5-9)16-21(19,20)11-6-12(13(17)18)15-7-11/h2-8,15-16H,1H3,(H,17,18). The van der Waals surface area contributed by atoms with Crippen LogP contribution in [0.3, 0.4) is 0 Å². The van der Waals surface area contributed by atoms with Crippen LogP contribution in [0, 0.1) is 5.82 Å². The molecule has 2 aromatic rings. The summed E-state index contributed by atoms with van der Waals surface area (Å²) in [7, 11) is -3.90. The average Bonchev–Trinajstić information content (AvgIpc) is 2.88. The van der Waals surface area contributed by atoms with Gasteiger partial charge in [0.25, 0.3) is 0 Å². The van der Waals surface area contributed by atoms with Crippen molar-refractivity contribution in [2.75, 3.05) is 0 Å². The Labute approximate surface area is 120 Å². The molecule has 0 saturated heterocycles. The van der Waals surface area contributed by atoms with Gasteiger partial charge in [-0.1, -0.05) is 12.1 Å². The molecule has 1 aromatic heterocycles. The Hall–Kier alpha value is -2.19. The van der Waals surface area contributed by atoms with Crippen molar-refractivity contribution in [1.82, 2.24) is 9.71 Å². The molecule has 1 aromatic carbocycles. The minimum Gasteiger partial charge on any atom is -0.477 e. The van der Waals surface area contributed by atoms with E-state index in [4.69, 9.17) is 5.11 Å². The highest BCUT2D eigenvalue weighted by molar-refractivity contribution is 7.89. The van der Waals surface area contributed by atoms with Gasteiger partial charge in [0.1, 0.15) is 16.4 Å². The normalized spacial score (nSPS) is 13.0. The summed E-state index contributed by atoms with van der Waals surface area (Å²) in [5.41, 5.74) is 0.237. The van der Waals surface area contributed by atoms with Crippen molar-refractivity contribution in [2.24, 2.45) is 0 Å². The number of aromatic carboxylic acids is 1. The van der Waals surface area contributed by atoms with Crippen molar-refractivity contribution in [3.8, 4) is 0 Å². The van der Waals surface area contributed by atoms with Gasteiger partial charge in [-0.3, -0.25) is 0 Å². The predicted molar refractivity (Wildman–Crippen MR) is 72.9 cm³/mol. The first-order valence-corrected chi connectivity index (χ1v) is 7.47. The number of aromatic amines is 1. The molecule has 1 heterocycles. The van der Waals surface area contributed by atoms with Crippen LogP contribution in [0.1, 0.15) is 29.0 Å². The summed E-state index contributed by atoms with van der Waals surface area (Å²) in [5.74, 6) is -1.72. The minimum absolute atomic E-state index is 0.192. The third-order valence-electron chi connectivity index (χ3n) is 2.88. The smallest absolute Gasteiger partial charge is 0.352 e. The summed E-state index contributed by atoms with van der Waals surface area (Å²) in [6.45, 7) is 1.57. The first-order chi connectivity index (χ1) is 9.79. The van der Waals surface area contributed by atoms with Crippen LogP contribution in [0.2, 0.25) is 0 Å². The SMILES string of the molecule is CC(NS(=O)(=O)c1c[nH]c(C(=O)O)c1)c1cccc(F)c1. The summed E-state index contributed by atoms with van der Waals surface area (Å²) >= 11 is 0. The maximum absolute atomic E-state index is 13.1. The van der Waals surface area contributed by atoms with E-state index in [1.54, 1.807) is 13.0 Å². The molecular weight excluding hydrogens is 299 g/mol. The number of carbonyl (C=O) groups is 1. The number of aromatic nitrogens is 1. The molecule has 1 atom stereocenters. The van der Waals surface area contributed by atoms with Gasteiger partial charge in [-0.2, -0.15) is 0 Å². The van der Waals surface area contributed by atoms with Crippen molar-refractivity contribution in [2.45, 2.75) is 17.9 Å². The number of benzene rings is 1. The number of sulfonamides is 1. The van der Waals surface area contributed by atoms with E-state index in [0.29, 0.717) is 5.56 Å². The maximum Gasteiger partial charge on any atom is 0.352 e. The maximum atomic E-state index is 13.1. The minimum atomic E-state index is -3.90. The molecule has 0 aliphatic heterocycles. The molecule has 21 heavy (non-hydrogen) atoms. The van der Waals surface area contributed by atoms with Crippen molar-refractivity contribution in [3.05, 3.63) is 53.6 Å². The van der Waals surface area contributed by atoms with Gasteiger partial charge in [0.2, 0.25) is 10.0 Å². The number of hydrogen-bond donors (Lipinski definition) is 3. The highest BCUT2D eigenvalue weighted by Gasteiger charge is 2.21. The second-order valence-electron chi connectivity index (χ2n) is 4.45. The van der Waals surface area contributed by atoms with Crippen LogP contribution in [0.15, 0.2) is 41.4 Å². The van der Waals surface area contributed by atoms with Crippen molar-refractivity contribution in [1.29, 1.82) is 0 Å². The number of carboxylic acid groups (broad SMARTS) is 1. The number of rotatable bonds is 5. The highest BCUT2D eigenvalue weighted by Crippen LogP contribution is 2.18. The fourth-order valence-corrected chi connectivity index (χ4v) is 3.02. The molecule has 3 N–H and O–H groups in total. The van der Waals surface area contributed by atoms with Crippen LogP contribution in [-0.2, 0) is 10.0 Å². The Morgan fingerprint density at radius 3 is 2.67 bits per heavy atom. The lowest BCUT2D eigenvalue weighted by Crippen LogP contribution is -2.26. The van der Waals surface area contributed by atoms with Crippen LogP contribution < -0.4 is 4.72 Å². The van der Waals surface area contributed by atoms with Gasteiger partial charge in [-0.05, 0) is 30.7 Å². The molecule has 0 aliphatic carbocycles. The van der Waals surface area contributed by atoms with Gasteiger partial charge >= 0.3 is 5.97 Å². The molecular formula is C13H13FN2O4S. The second kappa shape index (κ2) is 5.66. The quantitative estimate of drug-likeness (QED) is 0.785. The van der Waals surface area contributed by atoms with E-state index in [9.17, 15) is 17.6 Å². The predicted octanol–water partition coefficient (Wildman–Crippen LogP) is 1.89. The Bertz CT molecular complexity index is 770. The highest BCUT2D eigenvalue weighted by atomic mass is 32.2. The average molecular weight is 312 g/mol.